The van der Waals surface area contributed by atoms with Crippen LogP contribution in [0.1, 0.15) is 28.8 Å². The van der Waals surface area contributed by atoms with Gasteiger partial charge in [-0.1, -0.05) is 0 Å². The number of nitrogens with one attached hydrogen (secondary N) is 3. The molecule has 9 nitrogen and oxygen atoms in total. The monoisotopic (exact) mass is 464 g/mol. The maximum absolute atomic E-state index is 12.9. The topological polar surface area (TPSA) is 111 Å². The predicted octanol–water partition coefficient (Wildman–Crippen LogP) is 4.00. The molecule has 3 amide bonds. The molecule has 1 atom stereocenters. The number of hydrogen-bond acceptors (Lipinski definition) is 6. The van der Waals surface area contributed by atoms with E-state index in [9.17, 15) is 9.59 Å². The van der Waals surface area contributed by atoms with Gasteiger partial charge in [0.05, 0.1) is 24.3 Å². The third-order valence-electron chi connectivity index (χ3n) is 5.68. The van der Waals surface area contributed by atoms with Gasteiger partial charge in [0.25, 0.3) is 5.91 Å². The second-order valence-electron chi connectivity index (χ2n) is 8.01. The van der Waals surface area contributed by atoms with Gasteiger partial charge in [0.15, 0.2) is 0 Å². The van der Waals surface area contributed by atoms with Gasteiger partial charge in [-0.05, 0) is 55.7 Å². The third kappa shape index (κ3) is 5.20. The van der Waals surface area contributed by atoms with Gasteiger partial charge >= 0.3 is 6.03 Å². The Kier molecular flexibility index (Phi) is 7.12. The zero-order chi connectivity index (χ0) is 24.1. The number of rotatable bonds is 7. The average Bonchev–Trinajstić information content (AvgIpc) is 3.37. The summed E-state index contributed by atoms with van der Waals surface area (Å²) in [5.41, 5.74) is 2.56. The molecule has 0 unspecified atom stereocenters. The van der Waals surface area contributed by atoms with Crippen molar-refractivity contribution in [1.29, 1.82) is 0 Å². The molecular formula is C25H28N4O5. The number of fused-ring (bicyclic) bond motifs is 1. The number of nitrogens with zero attached hydrogens (tertiary/aromatic N) is 1. The van der Waals surface area contributed by atoms with Crippen LogP contribution < -0.4 is 25.4 Å². The molecule has 0 radical (unpaired) electrons. The fraction of sp³-hybridized carbons (Fsp3) is 0.320. The molecule has 3 N–H and O–H groups in total. The minimum Gasteiger partial charge on any atom is -0.496 e. The lowest BCUT2D eigenvalue weighted by atomic mass is 10.1. The molecule has 0 saturated carbocycles. The first-order valence-electron chi connectivity index (χ1n) is 11.1. The normalized spacial score (nSPS) is 15.1. The molecule has 1 fully saturated rings. The molecule has 0 aliphatic carbocycles. The number of methoxy groups -OCH3 is 1. The highest BCUT2D eigenvalue weighted by Gasteiger charge is 2.20. The number of carbonyl (C=O) groups excluding carboxylic acids is 2. The summed E-state index contributed by atoms with van der Waals surface area (Å²) in [5, 5.41) is 8.90. The quantitative estimate of drug-likeness (QED) is 0.487. The number of urea groups is 1. The van der Waals surface area contributed by atoms with Crippen LogP contribution in [0.25, 0.3) is 10.9 Å². The molecule has 1 aliphatic rings. The van der Waals surface area contributed by atoms with E-state index in [4.69, 9.17) is 14.2 Å². The first-order valence-corrected chi connectivity index (χ1v) is 11.1. The summed E-state index contributed by atoms with van der Waals surface area (Å²) in [6, 6.07) is 10.3. The van der Waals surface area contributed by atoms with Crippen molar-refractivity contribution >= 4 is 28.5 Å². The van der Waals surface area contributed by atoms with E-state index in [-0.39, 0.29) is 18.0 Å². The highest BCUT2D eigenvalue weighted by atomic mass is 16.5. The number of carbonyl (C=O) groups is 2. The summed E-state index contributed by atoms with van der Waals surface area (Å²) in [4.78, 5) is 29.0. The van der Waals surface area contributed by atoms with Gasteiger partial charge in [-0.2, -0.15) is 0 Å². The Bertz CT molecular complexity index is 1210. The van der Waals surface area contributed by atoms with Gasteiger partial charge < -0.3 is 30.2 Å². The SMILES string of the molecule is CNC(=O)Nc1ccc(Oc2ccnc3cc(OC)c(C(=O)NC[C@H]4CCCO4)cc23)cc1C. The highest BCUT2D eigenvalue weighted by molar-refractivity contribution is 6.02. The molecule has 2 aromatic carbocycles. The molecular weight excluding hydrogens is 436 g/mol. The minimum absolute atomic E-state index is 0.0417. The molecule has 0 spiro atoms. The molecule has 2 heterocycles. The van der Waals surface area contributed by atoms with Crippen LogP contribution in [0.2, 0.25) is 0 Å². The van der Waals surface area contributed by atoms with Crippen LogP contribution >= 0.6 is 0 Å². The third-order valence-corrected chi connectivity index (χ3v) is 5.68. The number of amides is 3. The van der Waals surface area contributed by atoms with Gasteiger partial charge in [-0.3, -0.25) is 9.78 Å². The van der Waals surface area contributed by atoms with E-state index in [0.717, 1.165) is 25.0 Å². The molecule has 4 rings (SSSR count). The maximum Gasteiger partial charge on any atom is 0.318 e. The second kappa shape index (κ2) is 10.4. The Hall–Kier alpha value is -3.85. The van der Waals surface area contributed by atoms with Gasteiger partial charge in [0.2, 0.25) is 0 Å². The van der Waals surface area contributed by atoms with Gasteiger partial charge in [-0.15, -0.1) is 0 Å². The first kappa shape index (κ1) is 23.3. The van der Waals surface area contributed by atoms with E-state index in [1.54, 1.807) is 43.6 Å². The molecule has 34 heavy (non-hydrogen) atoms. The number of aryl methyl sites for hydroxylation is 1. The van der Waals surface area contributed by atoms with Crippen molar-refractivity contribution in [2.75, 3.05) is 32.6 Å². The number of benzene rings is 2. The van der Waals surface area contributed by atoms with Crippen molar-refractivity contribution in [3.8, 4) is 17.2 Å². The van der Waals surface area contributed by atoms with E-state index >= 15 is 0 Å². The molecule has 9 heteroatoms. The van der Waals surface area contributed by atoms with Crippen molar-refractivity contribution in [2.45, 2.75) is 25.9 Å². The van der Waals surface area contributed by atoms with Crippen LogP contribution in [-0.4, -0.2) is 50.3 Å². The first-order chi connectivity index (χ1) is 16.5. The van der Waals surface area contributed by atoms with Crippen LogP contribution in [0.5, 0.6) is 17.2 Å². The molecule has 1 aromatic heterocycles. The van der Waals surface area contributed by atoms with E-state index in [2.05, 4.69) is 20.9 Å². The van der Waals surface area contributed by atoms with Crippen molar-refractivity contribution in [3.63, 3.8) is 0 Å². The minimum atomic E-state index is -0.295. The van der Waals surface area contributed by atoms with Crippen molar-refractivity contribution in [1.82, 2.24) is 15.6 Å². The second-order valence-corrected chi connectivity index (χ2v) is 8.01. The Morgan fingerprint density at radius 1 is 1.18 bits per heavy atom. The molecule has 1 aliphatic heterocycles. The van der Waals surface area contributed by atoms with Crippen LogP contribution in [-0.2, 0) is 4.74 Å². The zero-order valence-electron chi connectivity index (χ0n) is 19.4. The van der Waals surface area contributed by atoms with Gasteiger partial charge in [-0.25, -0.2) is 4.79 Å². The Labute approximate surface area is 197 Å². The number of ether oxygens (including phenoxy) is 3. The Morgan fingerprint density at radius 2 is 2.03 bits per heavy atom. The lowest BCUT2D eigenvalue weighted by Gasteiger charge is -2.15. The summed E-state index contributed by atoms with van der Waals surface area (Å²) in [6.07, 6.45) is 3.63. The van der Waals surface area contributed by atoms with Crippen LogP contribution in [0.15, 0.2) is 42.6 Å². The molecule has 1 saturated heterocycles. The molecule has 0 bridgehead atoms. The van der Waals surface area contributed by atoms with Crippen LogP contribution in [0, 0.1) is 6.92 Å². The number of hydrogen-bond donors (Lipinski definition) is 3. The average molecular weight is 465 g/mol. The number of pyridine rings is 1. The van der Waals surface area contributed by atoms with E-state index in [1.165, 1.54) is 7.11 Å². The summed E-state index contributed by atoms with van der Waals surface area (Å²) in [6.45, 7) is 3.06. The largest absolute Gasteiger partial charge is 0.496 e. The predicted molar refractivity (Wildman–Crippen MR) is 129 cm³/mol. The van der Waals surface area contributed by atoms with Crippen molar-refractivity contribution in [2.24, 2.45) is 0 Å². The lowest BCUT2D eigenvalue weighted by Crippen LogP contribution is -2.32. The van der Waals surface area contributed by atoms with Crippen LogP contribution in [0.4, 0.5) is 10.5 Å². The fourth-order valence-electron chi connectivity index (χ4n) is 3.84. The number of anilines is 1. The Morgan fingerprint density at radius 3 is 2.74 bits per heavy atom. The summed E-state index contributed by atoms with van der Waals surface area (Å²) in [5.74, 6) is 1.33. The lowest BCUT2D eigenvalue weighted by molar-refractivity contribution is 0.0855. The van der Waals surface area contributed by atoms with E-state index in [1.807, 2.05) is 13.0 Å². The van der Waals surface area contributed by atoms with E-state index in [0.29, 0.717) is 45.9 Å². The van der Waals surface area contributed by atoms with Crippen molar-refractivity contribution < 1.29 is 23.8 Å². The molecule has 178 valence electrons. The highest BCUT2D eigenvalue weighted by Crippen LogP contribution is 2.34. The summed E-state index contributed by atoms with van der Waals surface area (Å²) in [7, 11) is 3.08. The Balaban J connectivity index is 1.60. The summed E-state index contributed by atoms with van der Waals surface area (Å²) >= 11 is 0. The van der Waals surface area contributed by atoms with Gasteiger partial charge in [0, 0.05) is 43.5 Å². The van der Waals surface area contributed by atoms with Crippen LogP contribution in [0.3, 0.4) is 0 Å². The fourth-order valence-corrected chi connectivity index (χ4v) is 3.84. The van der Waals surface area contributed by atoms with Crippen molar-refractivity contribution in [3.05, 3.63) is 53.7 Å². The van der Waals surface area contributed by atoms with Gasteiger partial charge in [0.1, 0.15) is 17.2 Å². The number of aromatic nitrogens is 1. The smallest absolute Gasteiger partial charge is 0.318 e. The maximum atomic E-state index is 12.9. The summed E-state index contributed by atoms with van der Waals surface area (Å²) < 4.78 is 17.2. The molecule has 3 aromatic rings. The van der Waals surface area contributed by atoms with E-state index < -0.39 is 0 Å². The standard InChI is InChI=1S/C25H28N4O5/c1-15-11-16(6-7-20(15)29-25(31)26-2)34-22-8-9-27-21-13-23(32-3)19(12-18(21)22)24(30)28-14-17-5-4-10-33-17/h6-9,11-13,17H,4-5,10,14H2,1-3H3,(H,28,30)(H2,26,29,31)/t17-/m1/s1. The zero-order valence-corrected chi connectivity index (χ0v) is 19.4.